The van der Waals surface area contributed by atoms with E-state index in [1.807, 2.05) is 18.3 Å². The highest BCUT2D eigenvalue weighted by Crippen LogP contribution is 2.03. The molecular formula is C11H18N2O2. The first-order valence-electron chi connectivity index (χ1n) is 5.45. The summed E-state index contributed by atoms with van der Waals surface area (Å²) in [5, 5.41) is 9.09. The number of aliphatic hydroxyl groups excluding tert-OH is 1. The number of hydrogen-bond acceptors (Lipinski definition) is 3. The molecule has 0 saturated carbocycles. The quantitative estimate of drug-likeness (QED) is 0.777. The van der Waals surface area contributed by atoms with Crippen molar-refractivity contribution in [3.8, 4) is 0 Å². The molecule has 1 fully saturated rings. The molecule has 0 atom stereocenters. The van der Waals surface area contributed by atoms with Gasteiger partial charge in [0.05, 0.1) is 19.8 Å². The Balaban J connectivity index is 1.81. The summed E-state index contributed by atoms with van der Waals surface area (Å²) in [7, 11) is 0. The average Bonchev–Trinajstić information content (AvgIpc) is 2.75. The van der Waals surface area contributed by atoms with E-state index in [-0.39, 0.29) is 6.61 Å². The molecular weight excluding hydrogens is 192 g/mol. The molecule has 1 saturated heterocycles. The number of aromatic nitrogens is 1. The maximum Gasteiger partial charge on any atom is 0.0832 e. The Morgan fingerprint density at radius 2 is 2.07 bits per heavy atom. The third kappa shape index (κ3) is 2.81. The average molecular weight is 210 g/mol. The van der Waals surface area contributed by atoms with Crippen LogP contribution in [-0.2, 0) is 17.9 Å². The van der Waals surface area contributed by atoms with Crippen molar-refractivity contribution in [1.29, 1.82) is 0 Å². The van der Waals surface area contributed by atoms with Crippen LogP contribution in [0.25, 0.3) is 0 Å². The van der Waals surface area contributed by atoms with Crippen molar-refractivity contribution >= 4 is 0 Å². The van der Waals surface area contributed by atoms with E-state index >= 15 is 0 Å². The van der Waals surface area contributed by atoms with Gasteiger partial charge in [-0.3, -0.25) is 4.90 Å². The minimum Gasteiger partial charge on any atom is -0.390 e. The van der Waals surface area contributed by atoms with Gasteiger partial charge in [-0.15, -0.1) is 0 Å². The van der Waals surface area contributed by atoms with Crippen LogP contribution in [0.1, 0.15) is 5.69 Å². The van der Waals surface area contributed by atoms with Crippen LogP contribution in [0.15, 0.2) is 18.3 Å². The molecule has 0 aliphatic carbocycles. The first-order chi connectivity index (χ1) is 7.40. The van der Waals surface area contributed by atoms with E-state index in [9.17, 15) is 0 Å². The van der Waals surface area contributed by atoms with Crippen molar-refractivity contribution in [2.24, 2.45) is 0 Å². The fourth-order valence-electron chi connectivity index (χ4n) is 1.89. The van der Waals surface area contributed by atoms with Gasteiger partial charge in [0.15, 0.2) is 0 Å². The molecule has 0 bridgehead atoms. The maximum absolute atomic E-state index is 9.09. The lowest BCUT2D eigenvalue weighted by Crippen LogP contribution is -2.38. The van der Waals surface area contributed by atoms with Crippen LogP contribution >= 0.6 is 0 Å². The molecule has 1 aromatic heterocycles. The predicted molar refractivity (Wildman–Crippen MR) is 57.6 cm³/mol. The number of morpholine rings is 1. The molecule has 2 rings (SSSR count). The standard InChI is InChI=1S/C11H18N2O2/c14-10-11-2-1-3-13(11)5-4-12-6-8-15-9-7-12/h1-3,14H,4-10H2. The normalized spacial score (nSPS) is 18.2. The van der Waals surface area contributed by atoms with Gasteiger partial charge in [-0.25, -0.2) is 0 Å². The Hall–Kier alpha value is -0.840. The molecule has 0 spiro atoms. The van der Waals surface area contributed by atoms with Crippen LogP contribution in [0.2, 0.25) is 0 Å². The van der Waals surface area contributed by atoms with Crippen molar-refractivity contribution in [1.82, 2.24) is 9.47 Å². The molecule has 15 heavy (non-hydrogen) atoms. The van der Waals surface area contributed by atoms with E-state index < -0.39 is 0 Å². The zero-order valence-electron chi connectivity index (χ0n) is 8.93. The SMILES string of the molecule is OCc1cccn1CCN1CCOCC1. The summed E-state index contributed by atoms with van der Waals surface area (Å²) in [5.41, 5.74) is 0.989. The monoisotopic (exact) mass is 210 g/mol. The fourth-order valence-corrected chi connectivity index (χ4v) is 1.89. The summed E-state index contributed by atoms with van der Waals surface area (Å²) in [6.07, 6.45) is 2.02. The lowest BCUT2D eigenvalue weighted by molar-refractivity contribution is 0.0362. The molecule has 1 aliphatic heterocycles. The van der Waals surface area contributed by atoms with E-state index in [4.69, 9.17) is 9.84 Å². The lowest BCUT2D eigenvalue weighted by Gasteiger charge is -2.26. The van der Waals surface area contributed by atoms with Gasteiger partial charge in [0.25, 0.3) is 0 Å². The number of nitrogens with zero attached hydrogens (tertiary/aromatic N) is 2. The molecule has 4 heteroatoms. The molecule has 84 valence electrons. The number of ether oxygens (including phenoxy) is 1. The van der Waals surface area contributed by atoms with Crippen LogP contribution in [0.5, 0.6) is 0 Å². The fraction of sp³-hybridized carbons (Fsp3) is 0.636. The van der Waals surface area contributed by atoms with Gasteiger partial charge in [-0.05, 0) is 12.1 Å². The summed E-state index contributed by atoms with van der Waals surface area (Å²) in [5.74, 6) is 0. The number of hydrogen-bond donors (Lipinski definition) is 1. The third-order valence-electron chi connectivity index (χ3n) is 2.85. The summed E-state index contributed by atoms with van der Waals surface area (Å²) >= 11 is 0. The highest BCUT2D eigenvalue weighted by atomic mass is 16.5. The Kier molecular flexibility index (Phi) is 3.77. The minimum absolute atomic E-state index is 0.121. The van der Waals surface area contributed by atoms with Gasteiger partial charge in [0.2, 0.25) is 0 Å². The molecule has 0 amide bonds. The first kappa shape index (κ1) is 10.7. The van der Waals surface area contributed by atoms with Gasteiger partial charge in [0, 0.05) is 38.1 Å². The molecule has 4 nitrogen and oxygen atoms in total. The van der Waals surface area contributed by atoms with Gasteiger partial charge in [0.1, 0.15) is 0 Å². The van der Waals surface area contributed by atoms with Gasteiger partial charge in [-0.1, -0.05) is 0 Å². The van der Waals surface area contributed by atoms with E-state index in [0.29, 0.717) is 0 Å². The molecule has 0 radical (unpaired) electrons. The first-order valence-corrected chi connectivity index (χ1v) is 5.45. The summed E-state index contributed by atoms with van der Waals surface area (Å²) in [6.45, 7) is 5.84. The van der Waals surface area contributed by atoms with E-state index in [1.54, 1.807) is 0 Å². The largest absolute Gasteiger partial charge is 0.390 e. The third-order valence-corrected chi connectivity index (χ3v) is 2.85. The molecule has 1 aromatic rings. The van der Waals surface area contributed by atoms with E-state index in [1.165, 1.54) is 0 Å². The van der Waals surface area contributed by atoms with Crippen LogP contribution < -0.4 is 0 Å². The Bertz CT molecular complexity index is 293. The van der Waals surface area contributed by atoms with E-state index in [2.05, 4.69) is 9.47 Å². The van der Waals surface area contributed by atoms with Crippen LogP contribution in [0, 0.1) is 0 Å². The molecule has 0 unspecified atom stereocenters. The Labute approximate surface area is 90.1 Å². The summed E-state index contributed by atoms with van der Waals surface area (Å²) in [6, 6.07) is 3.93. The van der Waals surface area contributed by atoms with Crippen molar-refractivity contribution < 1.29 is 9.84 Å². The van der Waals surface area contributed by atoms with Crippen LogP contribution in [-0.4, -0.2) is 47.4 Å². The highest BCUT2D eigenvalue weighted by molar-refractivity contribution is 5.05. The Morgan fingerprint density at radius 1 is 1.27 bits per heavy atom. The van der Waals surface area contributed by atoms with Gasteiger partial charge < -0.3 is 14.4 Å². The van der Waals surface area contributed by atoms with Crippen molar-refractivity contribution in [2.75, 3.05) is 32.8 Å². The van der Waals surface area contributed by atoms with E-state index in [0.717, 1.165) is 45.1 Å². The number of aliphatic hydroxyl groups is 1. The summed E-state index contributed by atoms with van der Waals surface area (Å²) in [4.78, 5) is 2.39. The van der Waals surface area contributed by atoms with Crippen molar-refractivity contribution in [3.63, 3.8) is 0 Å². The maximum atomic E-state index is 9.09. The smallest absolute Gasteiger partial charge is 0.0832 e. The topological polar surface area (TPSA) is 37.6 Å². The highest BCUT2D eigenvalue weighted by Gasteiger charge is 2.10. The van der Waals surface area contributed by atoms with Gasteiger partial charge >= 0.3 is 0 Å². The second kappa shape index (κ2) is 5.30. The molecule has 0 aromatic carbocycles. The zero-order chi connectivity index (χ0) is 10.5. The second-order valence-corrected chi connectivity index (χ2v) is 3.81. The summed E-state index contributed by atoms with van der Waals surface area (Å²) < 4.78 is 7.40. The predicted octanol–water partition coefficient (Wildman–Crippen LogP) is 0.313. The minimum atomic E-state index is 0.121. The second-order valence-electron chi connectivity index (χ2n) is 3.81. The molecule has 2 heterocycles. The van der Waals surface area contributed by atoms with Crippen molar-refractivity contribution in [3.05, 3.63) is 24.0 Å². The van der Waals surface area contributed by atoms with Crippen LogP contribution in [0.3, 0.4) is 0 Å². The Morgan fingerprint density at radius 3 is 2.80 bits per heavy atom. The molecule has 1 aliphatic rings. The lowest BCUT2D eigenvalue weighted by atomic mass is 10.4. The van der Waals surface area contributed by atoms with Crippen molar-refractivity contribution in [2.45, 2.75) is 13.2 Å². The molecule has 1 N–H and O–H groups in total. The van der Waals surface area contributed by atoms with Crippen LogP contribution in [0.4, 0.5) is 0 Å². The number of rotatable bonds is 4. The zero-order valence-corrected chi connectivity index (χ0v) is 8.93. The van der Waals surface area contributed by atoms with Gasteiger partial charge in [-0.2, -0.15) is 0 Å².